The molecular formula is C14H18BrN3. The van der Waals surface area contributed by atoms with Crippen LogP contribution in [0.3, 0.4) is 0 Å². The molecule has 1 unspecified atom stereocenters. The van der Waals surface area contributed by atoms with E-state index < -0.39 is 0 Å². The Bertz CT molecular complexity index is 507. The van der Waals surface area contributed by atoms with Crippen LogP contribution in [0.5, 0.6) is 0 Å². The lowest BCUT2D eigenvalue weighted by Crippen LogP contribution is -2.13. The minimum Gasteiger partial charge on any atom is -0.330 e. The number of aromatic nitrogens is 2. The molecule has 0 spiro atoms. The van der Waals surface area contributed by atoms with Crippen LogP contribution in [0.2, 0.25) is 0 Å². The molecule has 1 atom stereocenters. The lowest BCUT2D eigenvalue weighted by Gasteiger charge is -2.15. The van der Waals surface area contributed by atoms with Gasteiger partial charge in [-0.3, -0.25) is 4.68 Å². The summed E-state index contributed by atoms with van der Waals surface area (Å²) in [7, 11) is 1.94. The smallest absolute Gasteiger partial charge is 0.0521 e. The van der Waals surface area contributed by atoms with Gasteiger partial charge in [0.05, 0.1) is 6.20 Å². The largest absolute Gasteiger partial charge is 0.330 e. The summed E-state index contributed by atoms with van der Waals surface area (Å²) in [6.07, 6.45) is 6.06. The Morgan fingerprint density at radius 3 is 2.89 bits per heavy atom. The molecule has 2 rings (SSSR count). The van der Waals surface area contributed by atoms with Crippen LogP contribution in [0.15, 0.2) is 41.1 Å². The summed E-state index contributed by atoms with van der Waals surface area (Å²) in [6, 6.07) is 8.40. The van der Waals surface area contributed by atoms with Crippen molar-refractivity contribution in [1.29, 1.82) is 0 Å². The molecule has 18 heavy (non-hydrogen) atoms. The van der Waals surface area contributed by atoms with Gasteiger partial charge < -0.3 is 5.73 Å². The Balaban J connectivity index is 2.01. The zero-order chi connectivity index (χ0) is 13.0. The lowest BCUT2D eigenvalue weighted by molar-refractivity contribution is 0.633. The molecule has 0 amide bonds. The van der Waals surface area contributed by atoms with Gasteiger partial charge in [-0.15, -0.1) is 0 Å². The molecule has 0 radical (unpaired) electrons. The number of nitrogens with two attached hydrogens (primary N) is 1. The van der Waals surface area contributed by atoms with E-state index in [2.05, 4.69) is 45.4 Å². The van der Waals surface area contributed by atoms with Crippen molar-refractivity contribution in [2.45, 2.75) is 18.8 Å². The summed E-state index contributed by atoms with van der Waals surface area (Å²) in [6.45, 7) is 0.677. The van der Waals surface area contributed by atoms with E-state index in [-0.39, 0.29) is 0 Å². The second-order valence-corrected chi connectivity index (χ2v) is 5.46. The van der Waals surface area contributed by atoms with Gasteiger partial charge in [0.1, 0.15) is 0 Å². The van der Waals surface area contributed by atoms with Gasteiger partial charge in [-0.2, -0.15) is 5.10 Å². The first kappa shape index (κ1) is 13.3. The average Bonchev–Trinajstić information content (AvgIpc) is 2.76. The Morgan fingerprint density at radius 2 is 2.28 bits per heavy atom. The Kier molecular flexibility index (Phi) is 4.55. The predicted molar refractivity (Wildman–Crippen MR) is 77.5 cm³/mol. The number of benzene rings is 1. The second kappa shape index (κ2) is 6.16. The summed E-state index contributed by atoms with van der Waals surface area (Å²) < 4.78 is 2.95. The van der Waals surface area contributed by atoms with Crippen molar-refractivity contribution in [2.24, 2.45) is 12.8 Å². The monoisotopic (exact) mass is 307 g/mol. The Hall–Kier alpha value is -1.13. The average molecular weight is 308 g/mol. The maximum absolute atomic E-state index is 5.89. The molecule has 0 saturated heterocycles. The number of hydrogen-bond acceptors (Lipinski definition) is 2. The zero-order valence-electron chi connectivity index (χ0n) is 10.5. The van der Waals surface area contributed by atoms with E-state index in [1.807, 2.05) is 24.0 Å². The molecular weight excluding hydrogens is 290 g/mol. The third kappa shape index (κ3) is 3.43. The molecule has 1 heterocycles. The molecule has 1 aromatic heterocycles. The summed E-state index contributed by atoms with van der Waals surface area (Å²) in [5, 5.41) is 4.19. The van der Waals surface area contributed by atoms with E-state index >= 15 is 0 Å². The van der Waals surface area contributed by atoms with Crippen molar-refractivity contribution in [1.82, 2.24) is 9.78 Å². The molecule has 2 N–H and O–H groups in total. The summed E-state index contributed by atoms with van der Waals surface area (Å²) in [5.41, 5.74) is 8.46. The third-order valence-corrected chi connectivity index (χ3v) is 3.64. The maximum Gasteiger partial charge on any atom is 0.0521 e. The molecule has 0 aliphatic carbocycles. The fourth-order valence-electron chi connectivity index (χ4n) is 2.12. The maximum atomic E-state index is 5.89. The second-order valence-electron chi connectivity index (χ2n) is 4.55. The van der Waals surface area contributed by atoms with Gasteiger partial charge in [0.25, 0.3) is 0 Å². The first-order valence-electron chi connectivity index (χ1n) is 6.12. The van der Waals surface area contributed by atoms with E-state index in [0.717, 1.165) is 17.3 Å². The highest BCUT2D eigenvalue weighted by Gasteiger charge is 2.10. The molecule has 0 aliphatic rings. The highest BCUT2D eigenvalue weighted by Crippen LogP contribution is 2.23. The van der Waals surface area contributed by atoms with Crippen LogP contribution < -0.4 is 5.73 Å². The minimum atomic E-state index is 0.405. The van der Waals surface area contributed by atoms with Gasteiger partial charge in [0, 0.05) is 17.7 Å². The molecule has 3 nitrogen and oxygen atoms in total. The molecule has 0 saturated carbocycles. The van der Waals surface area contributed by atoms with Crippen LogP contribution in [0.1, 0.15) is 23.5 Å². The Morgan fingerprint density at radius 1 is 1.44 bits per heavy atom. The van der Waals surface area contributed by atoms with Crippen LogP contribution >= 0.6 is 15.9 Å². The van der Waals surface area contributed by atoms with Gasteiger partial charge in [0.15, 0.2) is 0 Å². The van der Waals surface area contributed by atoms with Gasteiger partial charge in [-0.05, 0) is 48.6 Å². The van der Waals surface area contributed by atoms with Crippen molar-refractivity contribution < 1.29 is 0 Å². The zero-order valence-corrected chi connectivity index (χ0v) is 12.1. The summed E-state index contributed by atoms with van der Waals surface area (Å²) in [5.74, 6) is 0.405. The van der Waals surface area contributed by atoms with Crippen LogP contribution in [-0.2, 0) is 13.5 Å². The predicted octanol–water partition coefficient (Wildman–Crippen LogP) is 2.86. The highest BCUT2D eigenvalue weighted by molar-refractivity contribution is 9.10. The van der Waals surface area contributed by atoms with Crippen molar-refractivity contribution in [3.63, 3.8) is 0 Å². The van der Waals surface area contributed by atoms with Gasteiger partial charge in [-0.1, -0.05) is 28.1 Å². The first-order valence-corrected chi connectivity index (χ1v) is 6.91. The first-order chi connectivity index (χ1) is 8.69. The van der Waals surface area contributed by atoms with Crippen LogP contribution in [0.25, 0.3) is 0 Å². The van der Waals surface area contributed by atoms with Gasteiger partial charge in [0.2, 0.25) is 0 Å². The van der Waals surface area contributed by atoms with E-state index in [1.165, 1.54) is 11.1 Å². The fourth-order valence-corrected chi connectivity index (χ4v) is 2.54. The molecule has 96 valence electrons. The van der Waals surface area contributed by atoms with E-state index in [0.29, 0.717) is 12.5 Å². The van der Waals surface area contributed by atoms with E-state index in [4.69, 9.17) is 5.73 Å². The number of aryl methyl sites for hydroxylation is 2. The van der Waals surface area contributed by atoms with E-state index in [1.54, 1.807) is 0 Å². The summed E-state index contributed by atoms with van der Waals surface area (Å²) >= 11 is 3.50. The minimum absolute atomic E-state index is 0.405. The lowest BCUT2D eigenvalue weighted by atomic mass is 9.93. The van der Waals surface area contributed by atoms with Crippen LogP contribution in [-0.4, -0.2) is 16.3 Å². The van der Waals surface area contributed by atoms with Crippen molar-refractivity contribution >= 4 is 15.9 Å². The van der Waals surface area contributed by atoms with Gasteiger partial charge in [-0.25, -0.2) is 0 Å². The SMILES string of the molecule is Cn1cc(CCC(CN)c2cccc(Br)c2)cn1. The van der Waals surface area contributed by atoms with Crippen LogP contribution in [0.4, 0.5) is 0 Å². The standard InChI is InChI=1S/C14H18BrN3/c1-18-10-11(9-17-18)5-6-13(8-16)12-3-2-4-14(15)7-12/h2-4,7,9-10,13H,5-6,8,16H2,1H3. The molecule has 2 aromatic rings. The molecule has 0 fully saturated rings. The van der Waals surface area contributed by atoms with Crippen LogP contribution in [0, 0.1) is 0 Å². The molecule has 0 bridgehead atoms. The quantitative estimate of drug-likeness (QED) is 0.923. The number of nitrogens with zero attached hydrogens (tertiary/aromatic N) is 2. The number of rotatable bonds is 5. The highest BCUT2D eigenvalue weighted by atomic mass is 79.9. The topological polar surface area (TPSA) is 43.8 Å². The molecule has 0 aliphatic heterocycles. The number of hydrogen-bond donors (Lipinski definition) is 1. The molecule has 1 aromatic carbocycles. The van der Waals surface area contributed by atoms with Crippen molar-refractivity contribution in [3.05, 3.63) is 52.3 Å². The van der Waals surface area contributed by atoms with Gasteiger partial charge >= 0.3 is 0 Å². The van der Waals surface area contributed by atoms with E-state index in [9.17, 15) is 0 Å². The fraction of sp³-hybridized carbons (Fsp3) is 0.357. The third-order valence-electron chi connectivity index (χ3n) is 3.14. The van der Waals surface area contributed by atoms with Crippen molar-refractivity contribution in [2.75, 3.05) is 6.54 Å². The summed E-state index contributed by atoms with van der Waals surface area (Å²) in [4.78, 5) is 0. The normalized spacial score (nSPS) is 12.6. The molecule has 4 heteroatoms. The Labute approximate surface area is 116 Å². The van der Waals surface area contributed by atoms with Crippen molar-refractivity contribution in [3.8, 4) is 0 Å². The number of halogens is 1.